The predicted octanol–water partition coefficient (Wildman–Crippen LogP) is 3.40. The summed E-state index contributed by atoms with van der Waals surface area (Å²) >= 11 is 0. The smallest absolute Gasteiger partial charge is 0.0363 e. The van der Waals surface area contributed by atoms with Crippen LogP contribution in [0.5, 0.6) is 0 Å². The number of hydrogen-bond donors (Lipinski definition) is 1. The number of anilines is 1. The van der Waals surface area contributed by atoms with Gasteiger partial charge in [0, 0.05) is 25.3 Å². The first kappa shape index (κ1) is 12.2. The molecule has 1 aliphatic heterocycles. The summed E-state index contributed by atoms with van der Waals surface area (Å²) in [7, 11) is 0. The summed E-state index contributed by atoms with van der Waals surface area (Å²) in [4.78, 5) is 2.45. The van der Waals surface area contributed by atoms with Gasteiger partial charge in [0.1, 0.15) is 0 Å². The normalized spacial score (nSPS) is 14.6. The zero-order chi connectivity index (χ0) is 13.4. The first-order valence-corrected chi connectivity index (χ1v) is 6.78. The van der Waals surface area contributed by atoms with Gasteiger partial charge in [0.15, 0.2) is 0 Å². The number of aryl methyl sites for hydroxylation is 2. The van der Waals surface area contributed by atoms with Crippen LogP contribution in [0.1, 0.15) is 27.8 Å². The van der Waals surface area contributed by atoms with Gasteiger partial charge < -0.3 is 5.73 Å². The van der Waals surface area contributed by atoms with E-state index < -0.39 is 0 Å². The fraction of sp³-hybridized carbons (Fsp3) is 0.294. The van der Waals surface area contributed by atoms with Crippen LogP contribution >= 0.6 is 0 Å². The molecule has 98 valence electrons. The highest BCUT2D eigenvalue weighted by Gasteiger charge is 2.20. The largest absolute Gasteiger partial charge is 0.398 e. The van der Waals surface area contributed by atoms with E-state index in [4.69, 9.17) is 5.73 Å². The molecule has 2 nitrogen and oxygen atoms in total. The minimum atomic E-state index is 0.931. The Morgan fingerprint density at radius 3 is 2.63 bits per heavy atom. The summed E-state index contributed by atoms with van der Waals surface area (Å²) in [5.74, 6) is 0. The molecule has 1 aliphatic rings. The summed E-state index contributed by atoms with van der Waals surface area (Å²) in [6.07, 6.45) is 0. The van der Waals surface area contributed by atoms with Crippen molar-refractivity contribution in [3.8, 4) is 0 Å². The minimum absolute atomic E-state index is 0.931. The maximum absolute atomic E-state index is 6.04. The second-order valence-electron chi connectivity index (χ2n) is 5.55. The lowest BCUT2D eigenvalue weighted by Gasteiger charge is -2.15. The number of rotatable bonds is 2. The topological polar surface area (TPSA) is 29.3 Å². The Balaban J connectivity index is 1.77. The van der Waals surface area contributed by atoms with E-state index in [1.165, 1.54) is 27.8 Å². The number of nitrogens with two attached hydrogens (primary N) is 1. The van der Waals surface area contributed by atoms with Gasteiger partial charge in [0.2, 0.25) is 0 Å². The molecule has 1 heterocycles. The van der Waals surface area contributed by atoms with E-state index >= 15 is 0 Å². The summed E-state index contributed by atoms with van der Waals surface area (Å²) in [6, 6.07) is 13.0. The van der Waals surface area contributed by atoms with Crippen LogP contribution < -0.4 is 5.73 Å². The van der Waals surface area contributed by atoms with Crippen molar-refractivity contribution in [1.82, 2.24) is 4.90 Å². The Labute approximate surface area is 114 Å². The van der Waals surface area contributed by atoms with Crippen molar-refractivity contribution in [2.24, 2.45) is 0 Å². The molecule has 0 aromatic heterocycles. The standard InChI is InChI=1S/C17H20N2/c1-12-6-7-14(8-13(12)2)9-19-10-15-4-3-5-17(18)16(15)11-19/h3-8H,9-11,18H2,1-2H3. The number of fused-ring (bicyclic) bond motifs is 1. The molecule has 0 saturated heterocycles. The number of benzene rings is 2. The summed E-state index contributed by atoms with van der Waals surface area (Å²) in [5, 5.41) is 0. The molecule has 0 aliphatic carbocycles. The molecule has 0 atom stereocenters. The van der Waals surface area contributed by atoms with Crippen LogP contribution in [0.15, 0.2) is 36.4 Å². The molecular weight excluding hydrogens is 232 g/mol. The Kier molecular flexibility index (Phi) is 3.03. The first-order chi connectivity index (χ1) is 9.13. The lowest BCUT2D eigenvalue weighted by molar-refractivity contribution is 0.275. The average molecular weight is 252 g/mol. The third-order valence-corrected chi connectivity index (χ3v) is 4.06. The molecule has 2 N–H and O–H groups in total. The zero-order valence-electron chi connectivity index (χ0n) is 11.6. The van der Waals surface area contributed by atoms with Gasteiger partial charge in [-0.3, -0.25) is 4.90 Å². The molecule has 0 bridgehead atoms. The van der Waals surface area contributed by atoms with E-state index in [1.54, 1.807) is 0 Å². The van der Waals surface area contributed by atoms with Gasteiger partial charge in [0.05, 0.1) is 0 Å². The molecule has 0 radical (unpaired) electrons. The lowest BCUT2D eigenvalue weighted by atomic mass is 10.1. The monoisotopic (exact) mass is 252 g/mol. The van der Waals surface area contributed by atoms with Crippen molar-refractivity contribution in [2.75, 3.05) is 5.73 Å². The van der Waals surface area contributed by atoms with Crippen LogP contribution in [0.25, 0.3) is 0 Å². The molecular formula is C17H20N2. The van der Waals surface area contributed by atoms with Crippen LogP contribution in [0.2, 0.25) is 0 Å². The minimum Gasteiger partial charge on any atom is -0.398 e. The van der Waals surface area contributed by atoms with Gasteiger partial charge in [0.25, 0.3) is 0 Å². The van der Waals surface area contributed by atoms with Gasteiger partial charge in [-0.05, 0) is 47.7 Å². The SMILES string of the molecule is Cc1ccc(CN2Cc3cccc(N)c3C2)cc1C. The van der Waals surface area contributed by atoms with E-state index in [-0.39, 0.29) is 0 Å². The second kappa shape index (κ2) is 4.71. The summed E-state index contributed by atoms with van der Waals surface area (Å²) in [6.45, 7) is 7.30. The van der Waals surface area contributed by atoms with Gasteiger partial charge in [-0.15, -0.1) is 0 Å². The second-order valence-corrected chi connectivity index (χ2v) is 5.55. The van der Waals surface area contributed by atoms with Gasteiger partial charge in [-0.25, -0.2) is 0 Å². The van der Waals surface area contributed by atoms with E-state index in [0.29, 0.717) is 0 Å². The van der Waals surface area contributed by atoms with Gasteiger partial charge in [-0.1, -0.05) is 30.3 Å². The fourth-order valence-corrected chi connectivity index (χ4v) is 2.79. The molecule has 0 spiro atoms. The number of hydrogen-bond acceptors (Lipinski definition) is 2. The van der Waals surface area contributed by atoms with Crippen LogP contribution in [0.3, 0.4) is 0 Å². The Morgan fingerprint density at radius 1 is 1.05 bits per heavy atom. The average Bonchev–Trinajstić information content (AvgIpc) is 2.78. The number of nitrogens with zero attached hydrogens (tertiary/aromatic N) is 1. The zero-order valence-corrected chi connectivity index (χ0v) is 11.6. The van der Waals surface area contributed by atoms with E-state index in [1.807, 2.05) is 12.1 Å². The predicted molar refractivity (Wildman–Crippen MR) is 79.7 cm³/mol. The number of nitrogen functional groups attached to an aromatic ring is 1. The molecule has 0 fully saturated rings. The van der Waals surface area contributed by atoms with Gasteiger partial charge >= 0.3 is 0 Å². The molecule has 0 amide bonds. The lowest BCUT2D eigenvalue weighted by Crippen LogP contribution is -2.15. The fourth-order valence-electron chi connectivity index (χ4n) is 2.79. The van der Waals surface area contributed by atoms with Crippen LogP contribution in [0, 0.1) is 13.8 Å². The maximum atomic E-state index is 6.04. The van der Waals surface area contributed by atoms with Crippen molar-refractivity contribution in [2.45, 2.75) is 33.5 Å². The molecule has 3 rings (SSSR count). The third-order valence-electron chi connectivity index (χ3n) is 4.06. The summed E-state index contributed by atoms with van der Waals surface area (Å²) in [5.41, 5.74) is 13.8. The van der Waals surface area contributed by atoms with Crippen LogP contribution in [-0.2, 0) is 19.6 Å². The van der Waals surface area contributed by atoms with Crippen molar-refractivity contribution in [1.29, 1.82) is 0 Å². The molecule has 19 heavy (non-hydrogen) atoms. The highest BCUT2D eigenvalue weighted by Crippen LogP contribution is 2.28. The van der Waals surface area contributed by atoms with E-state index in [2.05, 4.69) is 43.0 Å². The molecule has 0 saturated carbocycles. The quantitative estimate of drug-likeness (QED) is 0.830. The highest BCUT2D eigenvalue weighted by atomic mass is 15.1. The summed E-state index contributed by atoms with van der Waals surface area (Å²) < 4.78 is 0. The molecule has 0 unspecified atom stereocenters. The van der Waals surface area contributed by atoms with Crippen molar-refractivity contribution >= 4 is 5.69 Å². The Hall–Kier alpha value is -1.80. The van der Waals surface area contributed by atoms with Crippen LogP contribution in [-0.4, -0.2) is 4.90 Å². The van der Waals surface area contributed by atoms with Gasteiger partial charge in [-0.2, -0.15) is 0 Å². The first-order valence-electron chi connectivity index (χ1n) is 6.78. The Morgan fingerprint density at radius 2 is 1.89 bits per heavy atom. The van der Waals surface area contributed by atoms with Crippen LogP contribution in [0.4, 0.5) is 5.69 Å². The third kappa shape index (κ3) is 2.36. The molecule has 2 aromatic carbocycles. The maximum Gasteiger partial charge on any atom is 0.0363 e. The van der Waals surface area contributed by atoms with E-state index in [9.17, 15) is 0 Å². The van der Waals surface area contributed by atoms with Crippen molar-refractivity contribution < 1.29 is 0 Å². The molecule has 2 heteroatoms. The van der Waals surface area contributed by atoms with Crippen molar-refractivity contribution in [3.05, 3.63) is 64.2 Å². The Bertz CT molecular complexity index is 617. The van der Waals surface area contributed by atoms with Crippen molar-refractivity contribution in [3.63, 3.8) is 0 Å². The molecule has 2 aromatic rings. The highest BCUT2D eigenvalue weighted by molar-refractivity contribution is 5.52. The van der Waals surface area contributed by atoms with E-state index in [0.717, 1.165) is 25.3 Å².